The van der Waals surface area contributed by atoms with Gasteiger partial charge in [-0.1, -0.05) is 103 Å². The van der Waals surface area contributed by atoms with Crippen LogP contribution in [-0.2, 0) is 20.4 Å². The number of halogens is 8. The van der Waals surface area contributed by atoms with Gasteiger partial charge in [0.05, 0.1) is 0 Å². The first-order chi connectivity index (χ1) is 60.2. The Bertz CT molecular complexity index is 3980. The molecule has 1 radical (unpaired) electrons. The molecule has 0 amide bonds. The van der Waals surface area contributed by atoms with E-state index in [1.807, 2.05) is 37.3 Å². The van der Waals surface area contributed by atoms with Gasteiger partial charge < -0.3 is 9.47 Å². The predicted molar refractivity (Wildman–Crippen MR) is 523 cm³/mol. The number of ether oxygens (including phenoxy) is 2. The maximum Gasteiger partial charge on any atom is 0.573 e. The van der Waals surface area contributed by atoms with E-state index in [1.165, 1.54) is 298 Å². The van der Waals surface area contributed by atoms with Gasteiger partial charge in [0, 0.05) is 34.7 Å². The number of hydrogen-bond donors (Lipinski definition) is 0. The minimum atomic E-state index is -4.63. The fourth-order valence-electron chi connectivity index (χ4n) is 25.2. The van der Waals surface area contributed by atoms with E-state index in [-0.39, 0.29) is 46.3 Å². The maximum absolute atomic E-state index is 13.4. The molecule has 10 saturated carbocycles. The summed E-state index contributed by atoms with van der Waals surface area (Å²) < 4.78 is 111. The van der Waals surface area contributed by atoms with E-state index >= 15 is 0 Å². The summed E-state index contributed by atoms with van der Waals surface area (Å²) in [6.07, 6.45) is 78.6. The molecule has 11 heteroatoms. The van der Waals surface area contributed by atoms with Crippen molar-refractivity contribution >= 4 is 0 Å². The van der Waals surface area contributed by atoms with Crippen molar-refractivity contribution < 1.29 is 79.3 Å². The summed E-state index contributed by atoms with van der Waals surface area (Å²) in [6.45, 7) is 11.4. The first kappa shape index (κ1) is 102. The summed E-state index contributed by atoms with van der Waals surface area (Å²) in [5, 5.41) is 0. The van der Waals surface area contributed by atoms with Crippen molar-refractivity contribution in [3.63, 3.8) is 0 Å². The van der Waals surface area contributed by atoms with Crippen molar-refractivity contribution in [1.29, 1.82) is 0 Å². The van der Waals surface area contributed by atoms with E-state index in [4.69, 9.17) is 0 Å². The monoisotopic (exact) mass is 1920 g/mol. The molecule has 10 aliphatic carbocycles. The van der Waals surface area contributed by atoms with Crippen LogP contribution in [-0.4, -0.2) is 13.0 Å². The third kappa shape index (κ3) is 33.1. The van der Waals surface area contributed by atoms with Crippen LogP contribution in [0.3, 0.4) is 0 Å². The van der Waals surface area contributed by atoms with Crippen LogP contribution in [0.15, 0.2) is 164 Å². The van der Waals surface area contributed by atoms with Crippen LogP contribution in [0, 0.1) is 126 Å². The predicted octanol–water partition coefficient (Wildman–Crippen LogP) is 38.5. The molecule has 711 valence electrons. The van der Waals surface area contributed by atoms with Gasteiger partial charge in [-0.3, -0.25) is 0 Å². The number of aryl methyl sites for hydroxylation is 2. The molecule has 0 spiro atoms. The SMILES string of the molecule is C/C=C/CC1CCC(C2CCC(c3cc[c-]cc3)CC2)CC1.C/C=C/CC1CCC(C2CCC(c3ccc(F)c(F)c3)CC2)CC1.C/C=C/CC1CCC(C2CCC(c3ccc(F)cc3)CC2)CC1.C/C=C/CC1CCC(C2CCC(c3ccc(OC(F)(F)F)c(C)c3)CC2)CC1.C/C=C/CC1CCC(C2CCC(c3ccc(OC(F)F)c(C)c3)CC2)CC1.[HH].[HH].[HH].[HH].[HH].[HH].[HH].[HH].[HH].[HH].[Re]. The number of alkyl halides is 5. The van der Waals surface area contributed by atoms with Crippen molar-refractivity contribution in [2.75, 3.05) is 0 Å². The van der Waals surface area contributed by atoms with Crippen molar-refractivity contribution in [3.8, 4) is 11.5 Å². The molecule has 0 unspecified atom stereocenters. The Kier molecular flexibility index (Phi) is 43.7. The van der Waals surface area contributed by atoms with Crippen LogP contribution in [0.4, 0.5) is 35.1 Å². The first-order valence-electron chi connectivity index (χ1n) is 50.4. The average molecular weight is 1920 g/mol. The molecule has 15 rings (SSSR count). The van der Waals surface area contributed by atoms with Crippen LogP contribution < -0.4 is 9.47 Å². The fraction of sp³-hybridized carbons (Fsp3) is 0.649. The van der Waals surface area contributed by atoms with Gasteiger partial charge in [-0.05, 0) is 526 Å². The molecule has 2 nitrogen and oxygen atoms in total. The fourth-order valence-corrected chi connectivity index (χ4v) is 25.2. The molecule has 0 bridgehead atoms. The molecule has 5 aromatic rings. The zero-order valence-electron chi connectivity index (χ0n) is 77.8. The second kappa shape index (κ2) is 53.7. The first-order valence-corrected chi connectivity index (χ1v) is 50.4. The summed E-state index contributed by atoms with van der Waals surface area (Å²) >= 11 is 0. The molecule has 5 aromatic carbocycles. The summed E-state index contributed by atoms with van der Waals surface area (Å²) in [5.74, 6) is 15.5. The standard InChI is InChI=1S/C24H33F3O.C24H34F2O.C22H30F2.C22H31F.C22H31.Re.10H2/c1-3-4-5-18-6-8-19(9-7-18)20-10-12-21(13-11-20)22-14-15-23(17(2)16-22)28-24(25,26)27;1-3-4-5-18-6-8-19(9-7-18)20-10-12-21(13-11-20)22-14-15-23(17(2)16-22)27-24(25)26;1-2-3-4-16-5-7-17(8-6-16)18-9-11-19(12-10-18)20-13-14-21(23)22(24)15-20;1-2-3-4-17-5-7-18(8-6-17)19-9-11-20(12-10-19)21-13-15-22(23)16-14-21;1-2-3-7-18-10-12-20(13-11-18)22-16-14-21(15-17-22)19-8-5-4-6-9-19;;;;;;;;;;;/h3-4,14-16,18-21H,5-13H2,1-2H3;3-4,14-16,18-21,24H,5-13H2,1-2H3;2-3,13-19H,4-12H2,1H3;2-3,13-20H,4-12H2,1H3;2-3,5-6,8-9,18,20-22H,7,10-17H2,1H3;;10*1H/q;;;;-1;;;;;;;;;;;/b2*4-3+;3*3-2+;;;;;;;;;;;. The molecule has 0 aliphatic heterocycles. The smallest absolute Gasteiger partial charge is 0.435 e. The Balaban J connectivity index is 0.00000163. The second-order valence-corrected chi connectivity index (χ2v) is 40.5. The topological polar surface area (TPSA) is 18.5 Å². The van der Waals surface area contributed by atoms with Gasteiger partial charge in [-0.25, -0.2) is 13.2 Å². The molecular weight excluding hydrogens is 1740 g/mol. The molecule has 0 atom stereocenters. The Labute approximate surface area is 781 Å². The van der Waals surface area contributed by atoms with Crippen molar-refractivity contribution in [3.05, 3.63) is 226 Å². The minimum Gasteiger partial charge on any atom is -0.435 e. The van der Waals surface area contributed by atoms with Gasteiger partial charge in [0.1, 0.15) is 17.3 Å². The van der Waals surface area contributed by atoms with Crippen LogP contribution in [0.5, 0.6) is 11.5 Å². The average Bonchev–Trinajstić information content (AvgIpc) is 0.842. The van der Waals surface area contributed by atoms with Crippen molar-refractivity contribution in [2.45, 2.75) is 380 Å². The summed E-state index contributed by atoms with van der Waals surface area (Å²) in [7, 11) is 0. The number of benzene rings is 5. The Morgan fingerprint density at radius 3 is 0.808 bits per heavy atom. The Morgan fingerprint density at radius 1 is 0.312 bits per heavy atom. The van der Waals surface area contributed by atoms with Crippen LogP contribution in [0.2, 0.25) is 0 Å². The molecular formula is C114H179F8O2Re-. The molecule has 0 heterocycles. The van der Waals surface area contributed by atoms with E-state index < -0.39 is 24.6 Å². The zero-order valence-corrected chi connectivity index (χ0v) is 80.5. The van der Waals surface area contributed by atoms with E-state index in [0.717, 1.165) is 131 Å². The van der Waals surface area contributed by atoms with Crippen molar-refractivity contribution in [1.82, 2.24) is 0 Å². The van der Waals surface area contributed by atoms with Crippen LogP contribution >= 0.6 is 0 Å². The molecule has 10 aliphatic rings. The van der Waals surface area contributed by atoms with Crippen molar-refractivity contribution in [2.24, 2.45) is 88.8 Å². The van der Waals surface area contributed by atoms with E-state index in [0.29, 0.717) is 35.0 Å². The van der Waals surface area contributed by atoms with Crippen LogP contribution in [0.25, 0.3) is 0 Å². The van der Waals surface area contributed by atoms with Gasteiger partial charge in [-0.15, -0.1) is 13.2 Å². The van der Waals surface area contributed by atoms with Gasteiger partial charge in [0.15, 0.2) is 11.6 Å². The summed E-state index contributed by atoms with van der Waals surface area (Å²) in [6, 6.07) is 34.5. The molecule has 0 N–H and O–H groups in total. The largest absolute Gasteiger partial charge is 0.573 e. The quantitative estimate of drug-likeness (QED) is 0.0369. The Hall–Kier alpha value is -5.50. The number of allylic oxidation sites excluding steroid dienone is 10. The normalized spacial score (nSPS) is 30.7. The summed E-state index contributed by atoms with van der Waals surface area (Å²) in [5.41, 5.74) is 7.73. The van der Waals surface area contributed by atoms with Gasteiger partial charge in [0.2, 0.25) is 0 Å². The summed E-state index contributed by atoms with van der Waals surface area (Å²) in [4.78, 5) is 0. The van der Waals surface area contributed by atoms with E-state index in [2.05, 4.69) is 141 Å². The van der Waals surface area contributed by atoms with Gasteiger partial charge in [0.25, 0.3) is 0 Å². The van der Waals surface area contributed by atoms with E-state index in [1.54, 1.807) is 36.8 Å². The molecule has 0 saturated heterocycles. The zero-order chi connectivity index (χ0) is 87.6. The molecule has 125 heavy (non-hydrogen) atoms. The minimum absolute atomic E-state index is 0. The molecule has 10 fully saturated rings. The van der Waals surface area contributed by atoms with E-state index in [9.17, 15) is 35.1 Å². The number of hydrogen-bond acceptors (Lipinski definition) is 2. The van der Waals surface area contributed by atoms with Gasteiger partial charge >= 0.3 is 13.0 Å². The Morgan fingerprint density at radius 2 is 0.552 bits per heavy atom. The second-order valence-electron chi connectivity index (χ2n) is 40.5. The van der Waals surface area contributed by atoms with Crippen LogP contribution in [0.1, 0.15) is 406 Å². The molecule has 0 aromatic heterocycles. The van der Waals surface area contributed by atoms with Gasteiger partial charge in [-0.2, -0.15) is 44.7 Å². The maximum atomic E-state index is 13.4. The number of rotatable bonds is 23. The third-order valence-electron chi connectivity index (χ3n) is 32.9. The third-order valence-corrected chi connectivity index (χ3v) is 32.9.